The molecule has 0 aromatic heterocycles. The zero-order valence-corrected chi connectivity index (χ0v) is 16.8. The number of hydrogen-bond donors (Lipinski definition) is 3. The standard InChI is InChI=1S/C22H26O7/c1-12(2)5-7-15-18(26)11-22(27-3,28-4)20-17(25)10-19(29-21(15)20)14-8-6-13(23)9-16(14)24/h6,8-9,11,19-20,23-24,26H,1,5,7,10H2,2-4H3/t19-,20?/m0/s1. The predicted octanol–water partition coefficient (Wildman–Crippen LogP) is 3.80. The summed E-state index contributed by atoms with van der Waals surface area (Å²) >= 11 is 0. The number of phenolic OH excluding ortho intramolecular Hbond substituents is 2. The summed E-state index contributed by atoms with van der Waals surface area (Å²) < 4.78 is 17.2. The molecule has 1 saturated heterocycles. The zero-order chi connectivity index (χ0) is 21.3. The van der Waals surface area contributed by atoms with Gasteiger partial charge in [0.25, 0.3) is 0 Å². The van der Waals surface area contributed by atoms with E-state index in [9.17, 15) is 20.1 Å². The van der Waals surface area contributed by atoms with Gasteiger partial charge in [-0.15, -0.1) is 6.58 Å². The van der Waals surface area contributed by atoms with Crippen LogP contribution in [0, 0.1) is 5.92 Å². The summed E-state index contributed by atoms with van der Waals surface area (Å²) in [6, 6.07) is 4.12. The van der Waals surface area contributed by atoms with Crippen LogP contribution in [0.15, 0.2) is 53.5 Å². The molecule has 3 rings (SSSR count). The lowest BCUT2D eigenvalue weighted by Crippen LogP contribution is -2.50. The average molecular weight is 402 g/mol. The van der Waals surface area contributed by atoms with Gasteiger partial charge in [0.2, 0.25) is 5.79 Å². The number of rotatable bonds is 6. The van der Waals surface area contributed by atoms with Crippen molar-refractivity contribution in [2.24, 2.45) is 5.92 Å². The highest BCUT2D eigenvalue weighted by atomic mass is 16.7. The van der Waals surface area contributed by atoms with Gasteiger partial charge in [0, 0.05) is 43.9 Å². The van der Waals surface area contributed by atoms with Gasteiger partial charge >= 0.3 is 0 Å². The van der Waals surface area contributed by atoms with Gasteiger partial charge in [-0.05, 0) is 31.9 Å². The van der Waals surface area contributed by atoms with Gasteiger partial charge in [0.1, 0.15) is 35.0 Å². The molecule has 1 unspecified atom stereocenters. The lowest BCUT2D eigenvalue weighted by atomic mass is 9.78. The smallest absolute Gasteiger partial charge is 0.208 e. The summed E-state index contributed by atoms with van der Waals surface area (Å²) in [5.41, 5.74) is 1.78. The molecule has 3 N–H and O–H groups in total. The van der Waals surface area contributed by atoms with E-state index in [1.807, 2.05) is 6.92 Å². The average Bonchev–Trinajstić information content (AvgIpc) is 2.66. The molecule has 7 heteroatoms. The van der Waals surface area contributed by atoms with Gasteiger partial charge in [0.05, 0.1) is 0 Å². The number of carbonyl (C=O) groups excluding carboxylic acids is 1. The third kappa shape index (κ3) is 3.75. The number of hydrogen-bond acceptors (Lipinski definition) is 7. The van der Waals surface area contributed by atoms with Crippen molar-refractivity contribution in [2.75, 3.05) is 14.2 Å². The number of ether oxygens (including phenoxy) is 3. The van der Waals surface area contributed by atoms with Crippen LogP contribution in [0.2, 0.25) is 0 Å². The van der Waals surface area contributed by atoms with Crippen LogP contribution in [0.5, 0.6) is 11.5 Å². The van der Waals surface area contributed by atoms with Crippen molar-refractivity contribution in [2.45, 2.75) is 38.1 Å². The first-order valence-electron chi connectivity index (χ1n) is 9.33. The molecule has 7 nitrogen and oxygen atoms in total. The molecule has 1 aromatic rings. The Hall–Kier alpha value is -2.77. The minimum atomic E-state index is -1.48. The van der Waals surface area contributed by atoms with Crippen molar-refractivity contribution >= 4 is 5.78 Å². The Morgan fingerprint density at radius 2 is 1.97 bits per heavy atom. The summed E-state index contributed by atoms with van der Waals surface area (Å²) in [6.07, 6.45) is 1.63. The largest absolute Gasteiger partial charge is 0.508 e. The quantitative estimate of drug-likeness (QED) is 0.491. The number of phenols is 2. The Balaban J connectivity index is 2.09. The predicted molar refractivity (Wildman–Crippen MR) is 105 cm³/mol. The van der Waals surface area contributed by atoms with Crippen molar-refractivity contribution in [3.05, 3.63) is 59.1 Å². The van der Waals surface area contributed by atoms with Crippen LogP contribution in [-0.2, 0) is 19.0 Å². The summed E-state index contributed by atoms with van der Waals surface area (Å²) in [5, 5.41) is 30.5. The number of aliphatic hydroxyl groups is 1. The number of methoxy groups -OCH3 is 2. The van der Waals surface area contributed by atoms with Crippen LogP contribution in [0.1, 0.15) is 37.9 Å². The molecule has 0 amide bonds. The molecule has 0 bridgehead atoms. The Morgan fingerprint density at radius 1 is 1.28 bits per heavy atom. The van der Waals surface area contributed by atoms with Crippen molar-refractivity contribution < 1.29 is 34.3 Å². The first-order valence-corrected chi connectivity index (χ1v) is 9.33. The first kappa shape index (κ1) is 21.0. The third-order valence-corrected chi connectivity index (χ3v) is 5.39. The second-order valence-corrected chi connectivity index (χ2v) is 7.41. The maximum atomic E-state index is 13.2. The fourth-order valence-corrected chi connectivity index (χ4v) is 3.85. The normalized spacial score (nSPS) is 23.3. The van der Waals surface area contributed by atoms with E-state index in [2.05, 4.69) is 6.58 Å². The topological polar surface area (TPSA) is 105 Å². The second kappa shape index (κ2) is 7.93. The molecule has 1 heterocycles. The highest BCUT2D eigenvalue weighted by Crippen LogP contribution is 2.49. The van der Waals surface area contributed by atoms with Crippen molar-refractivity contribution in [3.8, 4) is 11.5 Å². The molecular formula is C22H26O7. The molecule has 1 aliphatic carbocycles. The van der Waals surface area contributed by atoms with Crippen LogP contribution >= 0.6 is 0 Å². The molecule has 1 aromatic carbocycles. The molecule has 1 aliphatic heterocycles. The number of carbonyl (C=O) groups is 1. The number of Topliss-reactive ketones (excluding diaryl/α,β-unsaturated/α-hetero) is 1. The number of aromatic hydroxyl groups is 2. The monoisotopic (exact) mass is 402 g/mol. The van der Waals surface area contributed by atoms with E-state index in [-0.39, 0.29) is 35.2 Å². The van der Waals surface area contributed by atoms with Gasteiger partial charge in [-0.2, -0.15) is 0 Å². The van der Waals surface area contributed by atoms with Gasteiger partial charge in [0.15, 0.2) is 5.78 Å². The van der Waals surface area contributed by atoms with Crippen LogP contribution in [0.4, 0.5) is 0 Å². The summed E-state index contributed by atoms with van der Waals surface area (Å²) in [4.78, 5) is 13.2. The lowest BCUT2D eigenvalue weighted by Gasteiger charge is -2.43. The van der Waals surface area contributed by atoms with Gasteiger partial charge in [-0.1, -0.05) is 5.57 Å². The third-order valence-electron chi connectivity index (χ3n) is 5.39. The van der Waals surface area contributed by atoms with Crippen molar-refractivity contribution in [1.82, 2.24) is 0 Å². The molecular weight excluding hydrogens is 376 g/mol. The number of benzene rings is 1. The highest BCUT2D eigenvalue weighted by Gasteiger charge is 2.53. The minimum absolute atomic E-state index is 0.0245. The summed E-state index contributed by atoms with van der Waals surface area (Å²) in [7, 11) is 2.80. The van der Waals surface area contributed by atoms with E-state index >= 15 is 0 Å². The summed E-state index contributed by atoms with van der Waals surface area (Å²) in [6.45, 7) is 5.77. The van der Waals surface area contributed by atoms with Crippen LogP contribution in [0.25, 0.3) is 0 Å². The van der Waals surface area contributed by atoms with Crippen molar-refractivity contribution in [3.63, 3.8) is 0 Å². The molecule has 0 radical (unpaired) electrons. The van der Waals surface area contributed by atoms with E-state index < -0.39 is 17.8 Å². The van der Waals surface area contributed by atoms with Crippen LogP contribution in [-0.4, -0.2) is 41.1 Å². The highest BCUT2D eigenvalue weighted by molar-refractivity contribution is 5.87. The van der Waals surface area contributed by atoms with Crippen LogP contribution in [0.3, 0.4) is 0 Å². The Bertz CT molecular complexity index is 892. The van der Waals surface area contributed by atoms with E-state index in [1.54, 1.807) is 0 Å². The Kier molecular flexibility index (Phi) is 5.73. The Labute approximate surface area is 169 Å². The van der Waals surface area contributed by atoms with Gasteiger partial charge < -0.3 is 29.5 Å². The molecule has 0 saturated carbocycles. The number of fused-ring (bicyclic) bond motifs is 1. The number of allylic oxidation sites excluding steroid dienone is 2. The van der Waals surface area contributed by atoms with E-state index in [0.29, 0.717) is 24.0 Å². The lowest BCUT2D eigenvalue weighted by molar-refractivity contribution is -0.214. The van der Waals surface area contributed by atoms with Crippen molar-refractivity contribution in [1.29, 1.82) is 0 Å². The Morgan fingerprint density at radius 3 is 2.55 bits per heavy atom. The van der Waals surface area contributed by atoms with Gasteiger partial charge in [-0.25, -0.2) is 0 Å². The molecule has 29 heavy (non-hydrogen) atoms. The van der Waals surface area contributed by atoms with E-state index in [0.717, 1.165) is 5.57 Å². The number of ketones is 1. The first-order chi connectivity index (χ1) is 13.7. The molecule has 1 fully saturated rings. The SMILES string of the molecule is C=C(C)CCC1=C2O[C@H](c3ccc(O)cc3O)CC(=O)C2C(OC)(OC)C=C1O. The second-order valence-electron chi connectivity index (χ2n) is 7.41. The molecule has 2 atom stereocenters. The van der Waals surface area contributed by atoms with E-state index in [1.165, 1.54) is 38.5 Å². The molecule has 156 valence electrons. The zero-order valence-electron chi connectivity index (χ0n) is 16.8. The molecule has 2 aliphatic rings. The van der Waals surface area contributed by atoms with E-state index in [4.69, 9.17) is 14.2 Å². The number of aliphatic hydroxyl groups excluding tert-OH is 1. The maximum absolute atomic E-state index is 13.2. The fourth-order valence-electron chi connectivity index (χ4n) is 3.85. The maximum Gasteiger partial charge on any atom is 0.208 e. The molecule has 0 spiro atoms. The fraction of sp³-hybridized carbons (Fsp3) is 0.409. The minimum Gasteiger partial charge on any atom is -0.508 e. The van der Waals surface area contributed by atoms with Gasteiger partial charge in [-0.3, -0.25) is 4.79 Å². The van der Waals surface area contributed by atoms with Crippen LogP contribution < -0.4 is 0 Å². The summed E-state index contributed by atoms with van der Waals surface area (Å²) in [5.74, 6) is -2.65.